The van der Waals surface area contributed by atoms with E-state index in [0.717, 1.165) is 41.6 Å². The van der Waals surface area contributed by atoms with E-state index in [9.17, 15) is 23.1 Å². The number of thiazole rings is 1. The summed E-state index contributed by atoms with van der Waals surface area (Å²) >= 11 is 14.1. The third-order valence-electron chi connectivity index (χ3n) is 7.22. The van der Waals surface area contributed by atoms with Gasteiger partial charge in [-0.05, 0) is 44.0 Å². The van der Waals surface area contributed by atoms with Crippen molar-refractivity contribution >= 4 is 55.9 Å². The molecule has 2 aromatic heterocycles. The number of rotatable bonds is 7. The topological polar surface area (TPSA) is 91.9 Å². The molecule has 1 N–H and O–H groups in total. The van der Waals surface area contributed by atoms with E-state index in [1.165, 1.54) is 6.07 Å². The Kier molecular flexibility index (Phi) is 7.29. The summed E-state index contributed by atoms with van der Waals surface area (Å²) in [6, 6.07) is 7.39. The summed E-state index contributed by atoms with van der Waals surface area (Å²) in [7, 11) is 0. The first kappa shape index (κ1) is 28.1. The molecule has 0 radical (unpaired) electrons. The van der Waals surface area contributed by atoms with E-state index in [1.807, 2.05) is 11.8 Å². The molecule has 14 heteroatoms. The summed E-state index contributed by atoms with van der Waals surface area (Å²) in [5.74, 6) is -0.776. The maximum Gasteiger partial charge on any atom is 0.573 e. The second kappa shape index (κ2) is 10.6. The minimum absolute atomic E-state index is 0.0492. The van der Waals surface area contributed by atoms with E-state index in [1.54, 1.807) is 18.2 Å². The van der Waals surface area contributed by atoms with Gasteiger partial charge in [0.25, 0.3) is 0 Å². The van der Waals surface area contributed by atoms with Gasteiger partial charge in [-0.3, -0.25) is 4.90 Å². The number of benzene rings is 2. The maximum atomic E-state index is 13.1. The lowest BCUT2D eigenvalue weighted by Gasteiger charge is -2.39. The molecule has 216 valence electrons. The molecule has 2 aromatic carbocycles. The maximum absolute atomic E-state index is 13.1. The Labute approximate surface area is 246 Å². The molecule has 0 bridgehead atoms. The van der Waals surface area contributed by atoms with Crippen molar-refractivity contribution in [2.24, 2.45) is 0 Å². The molecule has 1 aliphatic carbocycles. The van der Waals surface area contributed by atoms with Crippen LogP contribution in [0.2, 0.25) is 10.0 Å². The number of hydrogen-bond donors (Lipinski definition) is 1. The van der Waals surface area contributed by atoms with Crippen LogP contribution in [0.25, 0.3) is 21.5 Å². The second-order valence-corrected chi connectivity index (χ2v) is 12.0. The van der Waals surface area contributed by atoms with E-state index in [-0.39, 0.29) is 21.8 Å². The van der Waals surface area contributed by atoms with Crippen molar-refractivity contribution in [3.05, 3.63) is 57.3 Å². The highest BCUT2D eigenvalue weighted by molar-refractivity contribution is 7.22. The number of ether oxygens (including phenoxy) is 1. The molecular weight excluding hydrogens is 604 g/mol. The SMILES string of the molecule is C[C@@H]1CN(Cc2c(-c3c(Cl)cccc3Cl)noc2C2CC2)CCN1c1nc2cc(C(=O)O)cc(OC(F)(F)F)c2s1. The minimum Gasteiger partial charge on any atom is -0.478 e. The van der Waals surface area contributed by atoms with E-state index >= 15 is 0 Å². The molecule has 1 saturated heterocycles. The molecule has 0 unspecified atom stereocenters. The molecule has 2 aliphatic rings. The van der Waals surface area contributed by atoms with Crippen LogP contribution >= 0.6 is 34.5 Å². The smallest absolute Gasteiger partial charge is 0.478 e. The Balaban J connectivity index is 1.25. The molecule has 0 spiro atoms. The van der Waals surface area contributed by atoms with Crippen molar-refractivity contribution in [2.45, 2.75) is 44.6 Å². The van der Waals surface area contributed by atoms with Gasteiger partial charge >= 0.3 is 12.3 Å². The zero-order chi connectivity index (χ0) is 29.1. The number of halogens is 5. The lowest BCUT2D eigenvalue weighted by molar-refractivity contribution is -0.274. The van der Waals surface area contributed by atoms with Crippen molar-refractivity contribution in [1.82, 2.24) is 15.0 Å². The van der Waals surface area contributed by atoms with Gasteiger partial charge in [-0.1, -0.05) is 45.8 Å². The van der Waals surface area contributed by atoms with Crippen LogP contribution in [-0.2, 0) is 6.54 Å². The summed E-state index contributed by atoms with van der Waals surface area (Å²) in [6.07, 6.45) is -2.91. The third kappa shape index (κ3) is 5.70. The summed E-state index contributed by atoms with van der Waals surface area (Å²) < 4.78 is 49.3. The van der Waals surface area contributed by atoms with Gasteiger partial charge in [0, 0.05) is 49.3 Å². The largest absolute Gasteiger partial charge is 0.573 e. The number of aromatic carboxylic acids is 1. The van der Waals surface area contributed by atoms with Crippen molar-refractivity contribution in [2.75, 3.05) is 24.5 Å². The number of fused-ring (bicyclic) bond motifs is 1. The van der Waals surface area contributed by atoms with E-state index in [2.05, 4.69) is 19.8 Å². The highest BCUT2D eigenvalue weighted by Gasteiger charge is 2.36. The van der Waals surface area contributed by atoms with E-state index < -0.39 is 18.1 Å². The molecule has 2 fully saturated rings. The van der Waals surface area contributed by atoms with Crippen LogP contribution in [0.4, 0.5) is 18.3 Å². The number of anilines is 1. The standard InChI is InChI=1S/C27H23Cl2F3N4O4S/c1-13-11-35(12-16-22(34-40-23(16)14-5-6-14)21-17(28)3-2-4-18(21)29)7-8-36(13)26-33-19-9-15(25(37)38)10-20(24(19)41-26)39-27(30,31)32/h2-4,9-10,13-14H,5-8,11-12H2,1H3,(H,37,38)/t13-/m1/s1. The third-order valence-corrected chi connectivity index (χ3v) is 8.98. The first-order valence-electron chi connectivity index (χ1n) is 12.8. The fourth-order valence-electron chi connectivity index (χ4n) is 5.18. The lowest BCUT2D eigenvalue weighted by atomic mass is 10.0. The first-order chi connectivity index (χ1) is 19.5. The Morgan fingerprint density at radius 2 is 1.95 bits per heavy atom. The summed E-state index contributed by atoms with van der Waals surface area (Å²) in [5, 5.41) is 15.2. The number of carbonyl (C=O) groups is 1. The zero-order valence-electron chi connectivity index (χ0n) is 21.5. The van der Waals surface area contributed by atoms with Crippen LogP contribution < -0.4 is 9.64 Å². The van der Waals surface area contributed by atoms with Crippen molar-refractivity contribution < 1.29 is 32.3 Å². The monoisotopic (exact) mass is 626 g/mol. The quantitative estimate of drug-likeness (QED) is 0.226. The van der Waals surface area contributed by atoms with Gasteiger partial charge in [-0.2, -0.15) is 0 Å². The van der Waals surface area contributed by atoms with Crippen molar-refractivity contribution in [1.29, 1.82) is 0 Å². The normalized spacial score (nSPS) is 18.3. The Bertz CT molecular complexity index is 1620. The Hall–Kier alpha value is -3.06. The number of carboxylic acids is 1. The molecule has 4 aromatic rings. The number of nitrogens with zero attached hydrogens (tertiary/aromatic N) is 4. The molecule has 3 heterocycles. The Morgan fingerprint density at radius 3 is 2.59 bits per heavy atom. The van der Waals surface area contributed by atoms with Gasteiger partial charge in [0.15, 0.2) is 5.13 Å². The van der Waals surface area contributed by atoms with E-state index in [0.29, 0.717) is 58.5 Å². The van der Waals surface area contributed by atoms with Crippen LogP contribution in [0.15, 0.2) is 34.9 Å². The Morgan fingerprint density at radius 1 is 1.22 bits per heavy atom. The molecule has 6 rings (SSSR count). The van der Waals surface area contributed by atoms with Gasteiger partial charge in [0.05, 0.1) is 25.8 Å². The van der Waals surface area contributed by atoms with Gasteiger partial charge in [0.2, 0.25) is 0 Å². The van der Waals surface area contributed by atoms with Gasteiger partial charge in [-0.25, -0.2) is 9.78 Å². The molecule has 1 saturated carbocycles. The second-order valence-electron chi connectivity index (χ2n) is 10.2. The highest BCUT2D eigenvalue weighted by Crippen LogP contribution is 2.46. The lowest BCUT2D eigenvalue weighted by Crippen LogP contribution is -2.51. The van der Waals surface area contributed by atoms with E-state index in [4.69, 9.17) is 27.7 Å². The minimum atomic E-state index is -4.97. The summed E-state index contributed by atoms with van der Waals surface area (Å²) in [5.41, 5.74) is 2.04. The van der Waals surface area contributed by atoms with Gasteiger partial charge in [0.1, 0.15) is 17.2 Å². The fourth-order valence-corrected chi connectivity index (χ4v) is 6.88. The van der Waals surface area contributed by atoms with Crippen LogP contribution in [-0.4, -0.2) is 58.2 Å². The molecule has 8 nitrogen and oxygen atoms in total. The molecule has 0 amide bonds. The summed E-state index contributed by atoms with van der Waals surface area (Å²) in [6.45, 7) is 4.39. The number of carboxylic acid groups (broad SMARTS) is 1. The predicted octanol–water partition coefficient (Wildman–Crippen LogP) is 7.44. The van der Waals surface area contributed by atoms with Crippen LogP contribution in [0.5, 0.6) is 5.75 Å². The predicted molar refractivity (Wildman–Crippen MR) is 149 cm³/mol. The number of aromatic nitrogens is 2. The van der Waals surface area contributed by atoms with Crippen LogP contribution in [0, 0.1) is 0 Å². The molecule has 41 heavy (non-hydrogen) atoms. The van der Waals surface area contributed by atoms with Gasteiger partial charge in [-0.15, -0.1) is 13.2 Å². The molecule has 1 atom stereocenters. The number of hydrogen-bond acceptors (Lipinski definition) is 8. The zero-order valence-corrected chi connectivity index (χ0v) is 23.9. The number of alkyl halides is 3. The summed E-state index contributed by atoms with van der Waals surface area (Å²) in [4.78, 5) is 20.3. The number of piperazine rings is 1. The molecular formula is C27H23Cl2F3N4O4S. The average molecular weight is 627 g/mol. The highest BCUT2D eigenvalue weighted by atomic mass is 35.5. The van der Waals surface area contributed by atoms with Crippen LogP contribution in [0.1, 0.15) is 47.4 Å². The molecule has 1 aliphatic heterocycles. The van der Waals surface area contributed by atoms with Gasteiger partial charge < -0.3 is 19.3 Å². The van der Waals surface area contributed by atoms with Crippen LogP contribution in [0.3, 0.4) is 0 Å². The average Bonchev–Trinajstić information content (AvgIpc) is 3.51. The van der Waals surface area contributed by atoms with Crippen molar-refractivity contribution in [3.63, 3.8) is 0 Å². The first-order valence-corrected chi connectivity index (χ1v) is 14.4. The van der Waals surface area contributed by atoms with Crippen molar-refractivity contribution in [3.8, 4) is 17.0 Å². The fraction of sp³-hybridized carbons (Fsp3) is 0.370.